The molecule has 31 heavy (non-hydrogen) atoms. The van der Waals surface area contributed by atoms with Gasteiger partial charge in [-0.1, -0.05) is 26.0 Å². The number of nitrogens with one attached hydrogen (secondary N) is 3. The number of rotatable bonds is 8. The van der Waals surface area contributed by atoms with E-state index in [2.05, 4.69) is 25.9 Å². The molecule has 0 aliphatic carbocycles. The number of benzene rings is 1. The van der Waals surface area contributed by atoms with Crippen LogP contribution in [0.1, 0.15) is 36.5 Å². The van der Waals surface area contributed by atoms with Gasteiger partial charge in [0.2, 0.25) is 5.91 Å². The van der Waals surface area contributed by atoms with Crippen molar-refractivity contribution < 1.29 is 18.0 Å². The van der Waals surface area contributed by atoms with E-state index in [4.69, 9.17) is 0 Å². The number of aromatic nitrogens is 1. The number of carbonyl (C=O) groups is 1. The molecule has 0 atom stereocenters. The third-order valence-electron chi connectivity index (χ3n) is 3.96. The Bertz CT molecular complexity index is 870. The normalized spacial score (nSPS) is 11.8. The minimum absolute atomic E-state index is 0. The lowest BCUT2D eigenvalue weighted by atomic mass is 10.1. The molecule has 1 aromatic carbocycles. The SMILES string of the molecule is CN=C(NCCc1nc(C(F)(F)F)cs1)NCc1cccc(NC(=O)CC(C)C)c1.I. The van der Waals surface area contributed by atoms with E-state index in [1.54, 1.807) is 7.05 Å². The first-order valence-corrected chi connectivity index (χ1v) is 10.4. The number of anilines is 1. The van der Waals surface area contributed by atoms with Gasteiger partial charge in [-0.15, -0.1) is 35.3 Å². The van der Waals surface area contributed by atoms with Crippen molar-refractivity contribution in [3.05, 3.63) is 45.9 Å². The number of guanidine groups is 1. The molecule has 11 heteroatoms. The van der Waals surface area contributed by atoms with Crippen molar-refractivity contribution in [2.45, 2.75) is 39.4 Å². The number of aliphatic imine (C=N–C) groups is 1. The van der Waals surface area contributed by atoms with Crippen molar-refractivity contribution in [2.24, 2.45) is 10.9 Å². The smallest absolute Gasteiger partial charge is 0.356 e. The molecule has 1 amide bonds. The van der Waals surface area contributed by atoms with Gasteiger partial charge in [-0.25, -0.2) is 4.98 Å². The molecule has 0 saturated carbocycles. The standard InChI is InChI=1S/C20H26F3N5OS.HI/c1-13(2)9-17(29)27-15-6-4-5-14(10-15)11-26-19(24-3)25-8-7-18-28-16(12-30-18)20(21,22)23;/h4-6,10,12-13H,7-9,11H2,1-3H3,(H,27,29)(H2,24,25,26);1H. The number of halogens is 4. The largest absolute Gasteiger partial charge is 0.434 e. The van der Waals surface area contributed by atoms with Gasteiger partial charge < -0.3 is 16.0 Å². The van der Waals surface area contributed by atoms with E-state index in [0.29, 0.717) is 36.9 Å². The van der Waals surface area contributed by atoms with Crippen LogP contribution in [0.25, 0.3) is 0 Å². The highest BCUT2D eigenvalue weighted by Crippen LogP contribution is 2.30. The Labute approximate surface area is 201 Å². The predicted octanol–water partition coefficient (Wildman–Crippen LogP) is 4.67. The predicted molar refractivity (Wildman–Crippen MR) is 129 cm³/mol. The van der Waals surface area contributed by atoms with Crippen molar-refractivity contribution >= 4 is 52.9 Å². The van der Waals surface area contributed by atoms with E-state index in [1.165, 1.54) is 0 Å². The minimum atomic E-state index is -4.41. The van der Waals surface area contributed by atoms with Crippen LogP contribution in [0.5, 0.6) is 0 Å². The van der Waals surface area contributed by atoms with Crippen LogP contribution in [-0.2, 0) is 23.9 Å². The summed E-state index contributed by atoms with van der Waals surface area (Å²) in [5.41, 5.74) is 0.826. The summed E-state index contributed by atoms with van der Waals surface area (Å²) in [6.45, 7) is 4.85. The summed E-state index contributed by atoms with van der Waals surface area (Å²) in [5.74, 6) is 0.786. The van der Waals surface area contributed by atoms with E-state index in [9.17, 15) is 18.0 Å². The highest BCUT2D eigenvalue weighted by molar-refractivity contribution is 14.0. The maximum Gasteiger partial charge on any atom is 0.434 e. The number of amides is 1. The lowest BCUT2D eigenvalue weighted by Gasteiger charge is -2.13. The zero-order chi connectivity index (χ0) is 22.1. The summed E-state index contributed by atoms with van der Waals surface area (Å²) in [4.78, 5) is 19.6. The number of carbonyl (C=O) groups excluding carboxylic acids is 1. The fraction of sp³-hybridized carbons (Fsp3) is 0.450. The maximum atomic E-state index is 12.6. The minimum Gasteiger partial charge on any atom is -0.356 e. The summed E-state index contributed by atoms with van der Waals surface area (Å²) in [7, 11) is 1.61. The second-order valence-corrected chi connectivity index (χ2v) is 8.02. The van der Waals surface area contributed by atoms with Gasteiger partial charge in [0.1, 0.15) is 0 Å². The van der Waals surface area contributed by atoms with Gasteiger partial charge in [-0.05, 0) is 23.6 Å². The van der Waals surface area contributed by atoms with Crippen molar-refractivity contribution in [1.29, 1.82) is 0 Å². The van der Waals surface area contributed by atoms with Crippen LogP contribution in [0.4, 0.5) is 18.9 Å². The fourth-order valence-corrected chi connectivity index (χ4v) is 3.40. The topological polar surface area (TPSA) is 78.4 Å². The Kier molecular flexibility index (Phi) is 11.2. The Morgan fingerprint density at radius 1 is 1.26 bits per heavy atom. The second kappa shape index (κ2) is 12.8. The van der Waals surface area contributed by atoms with Crippen LogP contribution in [0.15, 0.2) is 34.6 Å². The molecular formula is C20H27F3IN5OS. The lowest BCUT2D eigenvalue weighted by Crippen LogP contribution is -2.37. The molecule has 172 valence electrons. The highest BCUT2D eigenvalue weighted by Gasteiger charge is 2.33. The molecule has 0 fully saturated rings. The summed E-state index contributed by atoms with van der Waals surface area (Å²) < 4.78 is 37.8. The van der Waals surface area contributed by atoms with Crippen LogP contribution in [0, 0.1) is 5.92 Å². The van der Waals surface area contributed by atoms with E-state index in [1.807, 2.05) is 38.1 Å². The van der Waals surface area contributed by atoms with Crippen molar-refractivity contribution in [1.82, 2.24) is 15.6 Å². The van der Waals surface area contributed by atoms with Gasteiger partial charge >= 0.3 is 6.18 Å². The van der Waals surface area contributed by atoms with Crippen LogP contribution in [0.2, 0.25) is 0 Å². The van der Waals surface area contributed by atoms with Crippen molar-refractivity contribution in [3.8, 4) is 0 Å². The molecular weight excluding hydrogens is 542 g/mol. The fourth-order valence-electron chi connectivity index (χ4n) is 2.59. The van der Waals surface area contributed by atoms with Gasteiger partial charge in [0.25, 0.3) is 0 Å². The summed E-state index contributed by atoms with van der Waals surface area (Å²) in [6.07, 6.45) is -3.59. The molecule has 3 N–H and O–H groups in total. The third kappa shape index (κ3) is 9.85. The number of hydrogen-bond acceptors (Lipinski definition) is 4. The zero-order valence-corrected chi connectivity index (χ0v) is 20.7. The van der Waals surface area contributed by atoms with E-state index in [-0.39, 0.29) is 35.8 Å². The zero-order valence-electron chi connectivity index (χ0n) is 17.5. The average molecular weight is 569 g/mol. The number of hydrogen-bond donors (Lipinski definition) is 3. The van der Waals surface area contributed by atoms with E-state index < -0.39 is 11.9 Å². The monoisotopic (exact) mass is 569 g/mol. The molecule has 2 aromatic rings. The van der Waals surface area contributed by atoms with Crippen LogP contribution in [-0.4, -0.2) is 30.4 Å². The molecule has 1 heterocycles. The molecule has 6 nitrogen and oxygen atoms in total. The Balaban J connectivity index is 0.00000480. The number of thiazole rings is 1. The molecule has 0 bridgehead atoms. The quantitative estimate of drug-likeness (QED) is 0.245. The van der Waals surface area contributed by atoms with Gasteiger partial charge in [0.05, 0.1) is 5.01 Å². The molecule has 0 aliphatic heterocycles. The van der Waals surface area contributed by atoms with Crippen LogP contribution in [0.3, 0.4) is 0 Å². The maximum absolute atomic E-state index is 12.6. The Hall–Kier alpha value is -1.89. The van der Waals surface area contributed by atoms with Gasteiger partial charge in [0, 0.05) is 44.0 Å². The number of alkyl halides is 3. The number of nitrogens with zero attached hydrogens (tertiary/aromatic N) is 2. The molecule has 0 saturated heterocycles. The summed E-state index contributed by atoms with van der Waals surface area (Å²) in [5, 5.41) is 10.5. The third-order valence-corrected chi connectivity index (χ3v) is 4.87. The molecule has 0 unspecified atom stereocenters. The van der Waals surface area contributed by atoms with E-state index in [0.717, 1.165) is 28.0 Å². The summed E-state index contributed by atoms with van der Waals surface area (Å²) in [6, 6.07) is 7.50. The van der Waals surface area contributed by atoms with Gasteiger partial charge in [-0.3, -0.25) is 9.79 Å². The highest BCUT2D eigenvalue weighted by atomic mass is 127. The molecule has 2 rings (SSSR count). The lowest BCUT2D eigenvalue weighted by molar-refractivity contribution is -0.140. The molecule has 0 radical (unpaired) electrons. The first-order chi connectivity index (χ1) is 14.2. The average Bonchev–Trinajstić information content (AvgIpc) is 3.13. The van der Waals surface area contributed by atoms with Crippen molar-refractivity contribution in [3.63, 3.8) is 0 Å². The molecule has 1 aromatic heterocycles. The molecule has 0 aliphatic rings. The Morgan fingerprint density at radius 2 is 2.00 bits per heavy atom. The Morgan fingerprint density at radius 3 is 2.61 bits per heavy atom. The second-order valence-electron chi connectivity index (χ2n) is 7.07. The van der Waals surface area contributed by atoms with Gasteiger partial charge in [-0.2, -0.15) is 13.2 Å². The van der Waals surface area contributed by atoms with Crippen molar-refractivity contribution in [2.75, 3.05) is 18.9 Å². The van der Waals surface area contributed by atoms with Crippen LogP contribution < -0.4 is 16.0 Å². The van der Waals surface area contributed by atoms with Gasteiger partial charge in [0.15, 0.2) is 11.7 Å². The first kappa shape index (κ1) is 27.1. The summed E-state index contributed by atoms with van der Waals surface area (Å²) >= 11 is 0.990. The molecule has 0 spiro atoms. The van der Waals surface area contributed by atoms with E-state index >= 15 is 0 Å². The van der Waals surface area contributed by atoms with Crippen LogP contribution >= 0.6 is 35.3 Å². The first-order valence-electron chi connectivity index (χ1n) is 9.52.